The summed E-state index contributed by atoms with van der Waals surface area (Å²) in [7, 11) is 4.16. The Morgan fingerprint density at radius 3 is 2.81 bits per heavy atom. The van der Waals surface area contributed by atoms with Gasteiger partial charge in [-0.2, -0.15) is 0 Å². The fraction of sp³-hybridized carbons (Fsp3) is 0.812. The van der Waals surface area contributed by atoms with Crippen LogP contribution in [0.3, 0.4) is 0 Å². The maximum absolute atomic E-state index is 5.63. The zero-order valence-corrected chi connectivity index (χ0v) is 15.0. The molecule has 1 atom stereocenters. The highest BCUT2D eigenvalue weighted by molar-refractivity contribution is 7.15. The molecule has 1 N–H and O–H groups in total. The van der Waals surface area contributed by atoms with E-state index in [1.165, 1.54) is 17.0 Å². The minimum atomic E-state index is 0.289. The Morgan fingerprint density at radius 2 is 2.19 bits per heavy atom. The molecular formula is C16H29N3OS. The number of hydrogen-bond acceptors (Lipinski definition) is 5. The van der Waals surface area contributed by atoms with Gasteiger partial charge in [-0.15, -0.1) is 0 Å². The minimum Gasteiger partial charge on any atom is -0.377 e. The SMILES string of the molecule is CNC1CC(C)(C)Cc2nc(N(C)CCOC(C)C)sc21. The Hall–Kier alpha value is -0.650. The maximum atomic E-state index is 5.63. The Labute approximate surface area is 132 Å². The molecule has 1 unspecified atom stereocenters. The van der Waals surface area contributed by atoms with Crippen LogP contribution in [0, 0.1) is 5.41 Å². The molecule has 21 heavy (non-hydrogen) atoms. The largest absolute Gasteiger partial charge is 0.377 e. The van der Waals surface area contributed by atoms with Crippen molar-refractivity contribution in [3.63, 3.8) is 0 Å². The third-order valence-corrected chi connectivity index (χ3v) is 5.31. The molecule has 1 aliphatic carbocycles. The monoisotopic (exact) mass is 311 g/mol. The van der Waals surface area contributed by atoms with E-state index in [0.717, 1.165) is 24.7 Å². The molecule has 5 heteroatoms. The number of thiazole rings is 1. The third kappa shape index (κ3) is 4.18. The number of aromatic nitrogens is 1. The van der Waals surface area contributed by atoms with Crippen LogP contribution in [0.4, 0.5) is 5.13 Å². The van der Waals surface area contributed by atoms with E-state index < -0.39 is 0 Å². The van der Waals surface area contributed by atoms with Crippen molar-refractivity contribution in [3.05, 3.63) is 10.6 Å². The van der Waals surface area contributed by atoms with Crippen LogP contribution in [0.25, 0.3) is 0 Å². The molecule has 1 aromatic rings. The van der Waals surface area contributed by atoms with Gasteiger partial charge in [0.05, 0.1) is 18.4 Å². The lowest BCUT2D eigenvalue weighted by Gasteiger charge is -2.34. The highest BCUT2D eigenvalue weighted by atomic mass is 32.1. The van der Waals surface area contributed by atoms with Gasteiger partial charge in [0.2, 0.25) is 0 Å². The van der Waals surface area contributed by atoms with Crippen molar-refractivity contribution in [2.75, 3.05) is 32.1 Å². The Bertz CT molecular complexity index is 470. The van der Waals surface area contributed by atoms with Gasteiger partial charge < -0.3 is 15.0 Å². The van der Waals surface area contributed by atoms with Crippen molar-refractivity contribution < 1.29 is 4.74 Å². The summed E-state index contributed by atoms with van der Waals surface area (Å²) in [5, 5.41) is 4.57. The fourth-order valence-electron chi connectivity index (χ4n) is 2.84. The summed E-state index contributed by atoms with van der Waals surface area (Å²) in [6.07, 6.45) is 2.54. The molecule has 2 rings (SSSR count). The van der Waals surface area contributed by atoms with E-state index in [2.05, 4.69) is 52.0 Å². The average molecular weight is 311 g/mol. The van der Waals surface area contributed by atoms with Crippen LogP contribution >= 0.6 is 11.3 Å². The summed E-state index contributed by atoms with van der Waals surface area (Å²) < 4.78 is 5.63. The molecule has 0 amide bonds. The molecule has 1 heterocycles. The molecule has 4 nitrogen and oxygen atoms in total. The fourth-order valence-corrected chi connectivity index (χ4v) is 4.02. The molecule has 1 aliphatic rings. The van der Waals surface area contributed by atoms with Crippen molar-refractivity contribution in [2.45, 2.75) is 52.7 Å². The van der Waals surface area contributed by atoms with Crippen molar-refractivity contribution in [2.24, 2.45) is 5.41 Å². The van der Waals surface area contributed by atoms with Gasteiger partial charge in [0.15, 0.2) is 5.13 Å². The first kappa shape index (κ1) is 16.7. The van der Waals surface area contributed by atoms with E-state index in [-0.39, 0.29) is 6.10 Å². The van der Waals surface area contributed by atoms with Crippen molar-refractivity contribution >= 4 is 16.5 Å². The lowest BCUT2D eigenvalue weighted by molar-refractivity contribution is 0.0846. The van der Waals surface area contributed by atoms with Crippen molar-refractivity contribution in [3.8, 4) is 0 Å². The molecule has 1 aromatic heterocycles. The lowest BCUT2D eigenvalue weighted by Crippen LogP contribution is -2.30. The molecule has 0 spiro atoms. The number of likely N-dealkylation sites (N-methyl/N-ethyl adjacent to an activating group) is 1. The summed E-state index contributed by atoms with van der Waals surface area (Å²) >= 11 is 1.83. The van der Waals surface area contributed by atoms with E-state index >= 15 is 0 Å². The number of nitrogens with one attached hydrogen (secondary N) is 1. The summed E-state index contributed by atoms with van der Waals surface area (Å²) in [5.74, 6) is 0. The van der Waals surface area contributed by atoms with Crippen LogP contribution in [0.15, 0.2) is 0 Å². The Balaban J connectivity index is 2.08. The number of ether oxygens (including phenoxy) is 1. The van der Waals surface area contributed by atoms with Crippen LogP contribution in [0.2, 0.25) is 0 Å². The molecule has 0 bridgehead atoms. The summed E-state index contributed by atoms with van der Waals surface area (Å²) in [4.78, 5) is 8.52. The second kappa shape index (κ2) is 6.63. The predicted octanol–water partition coefficient (Wildman–Crippen LogP) is 3.24. The third-order valence-electron chi connectivity index (χ3n) is 3.99. The number of anilines is 1. The number of hydrogen-bond donors (Lipinski definition) is 1. The summed E-state index contributed by atoms with van der Waals surface area (Å²) in [5.41, 5.74) is 1.60. The van der Waals surface area contributed by atoms with Gasteiger partial charge in [-0.05, 0) is 39.2 Å². The Kier molecular flexibility index (Phi) is 5.28. The first-order chi connectivity index (χ1) is 9.82. The average Bonchev–Trinajstić information content (AvgIpc) is 2.79. The van der Waals surface area contributed by atoms with Gasteiger partial charge in [-0.3, -0.25) is 0 Å². The topological polar surface area (TPSA) is 37.4 Å². The van der Waals surface area contributed by atoms with Crippen molar-refractivity contribution in [1.29, 1.82) is 0 Å². The molecule has 0 aromatic carbocycles. The van der Waals surface area contributed by atoms with E-state index in [4.69, 9.17) is 9.72 Å². The van der Waals surface area contributed by atoms with Gasteiger partial charge >= 0.3 is 0 Å². The second-order valence-electron chi connectivity index (χ2n) is 7.03. The molecular weight excluding hydrogens is 282 g/mol. The summed E-state index contributed by atoms with van der Waals surface area (Å²) in [6, 6.07) is 0.440. The normalized spacial score (nSPS) is 20.6. The summed E-state index contributed by atoms with van der Waals surface area (Å²) in [6.45, 7) is 10.4. The van der Waals surface area contributed by atoms with Gasteiger partial charge in [-0.25, -0.2) is 4.98 Å². The highest BCUT2D eigenvalue weighted by Crippen LogP contribution is 2.44. The standard InChI is InChI=1S/C16H29N3OS/c1-11(2)20-8-7-19(6)15-18-13-10-16(3,4)9-12(17-5)14(13)21-15/h11-12,17H,7-10H2,1-6H3. The smallest absolute Gasteiger partial charge is 0.185 e. The number of nitrogens with zero attached hydrogens (tertiary/aromatic N) is 2. The van der Waals surface area contributed by atoms with Crippen molar-refractivity contribution in [1.82, 2.24) is 10.3 Å². The minimum absolute atomic E-state index is 0.289. The van der Waals surface area contributed by atoms with Gasteiger partial charge in [0.1, 0.15) is 0 Å². The van der Waals surface area contributed by atoms with Crippen LogP contribution < -0.4 is 10.2 Å². The molecule has 0 saturated carbocycles. The molecule has 0 radical (unpaired) electrons. The van der Waals surface area contributed by atoms with Gasteiger partial charge in [0, 0.05) is 24.5 Å². The van der Waals surface area contributed by atoms with Crippen LogP contribution in [-0.2, 0) is 11.2 Å². The first-order valence-electron chi connectivity index (χ1n) is 7.82. The maximum Gasteiger partial charge on any atom is 0.185 e. The molecule has 0 fully saturated rings. The Morgan fingerprint density at radius 1 is 1.48 bits per heavy atom. The van der Waals surface area contributed by atoms with Crippen LogP contribution in [0.1, 0.15) is 50.7 Å². The van der Waals surface area contributed by atoms with Crippen LogP contribution in [-0.4, -0.2) is 38.3 Å². The van der Waals surface area contributed by atoms with E-state index in [9.17, 15) is 0 Å². The molecule has 120 valence electrons. The van der Waals surface area contributed by atoms with E-state index in [1.807, 2.05) is 11.3 Å². The molecule has 0 saturated heterocycles. The van der Waals surface area contributed by atoms with E-state index in [0.29, 0.717) is 11.5 Å². The quantitative estimate of drug-likeness (QED) is 0.875. The van der Waals surface area contributed by atoms with E-state index in [1.54, 1.807) is 0 Å². The first-order valence-corrected chi connectivity index (χ1v) is 8.63. The van der Waals surface area contributed by atoms with Gasteiger partial charge in [-0.1, -0.05) is 25.2 Å². The van der Waals surface area contributed by atoms with Gasteiger partial charge in [0.25, 0.3) is 0 Å². The molecule has 0 aliphatic heterocycles. The number of rotatable bonds is 6. The lowest BCUT2D eigenvalue weighted by atomic mass is 9.76. The zero-order valence-electron chi connectivity index (χ0n) is 14.2. The second-order valence-corrected chi connectivity index (χ2v) is 8.04. The predicted molar refractivity (Wildman–Crippen MR) is 90.4 cm³/mol. The zero-order chi connectivity index (χ0) is 15.6. The number of fused-ring (bicyclic) bond motifs is 1. The van der Waals surface area contributed by atoms with Crippen LogP contribution in [0.5, 0.6) is 0 Å². The highest BCUT2D eigenvalue weighted by Gasteiger charge is 2.34.